The molecule has 0 aliphatic heterocycles. The SMILES string of the molecule is COc1cc(F)c(C(N)c2ccoc2)cc1OC. The quantitative estimate of drug-likeness (QED) is 0.907. The van der Waals surface area contributed by atoms with E-state index in [1.54, 1.807) is 6.07 Å². The second-order valence-electron chi connectivity index (χ2n) is 3.76. The van der Waals surface area contributed by atoms with Crippen molar-refractivity contribution in [3.8, 4) is 11.5 Å². The number of ether oxygens (including phenoxy) is 2. The summed E-state index contributed by atoms with van der Waals surface area (Å²) in [5.74, 6) is 0.326. The van der Waals surface area contributed by atoms with Gasteiger partial charge in [0.1, 0.15) is 5.82 Å². The van der Waals surface area contributed by atoms with Gasteiger partial charge in [-0.05, 0) is 12.1 Å². The first kappa shape index (κ1) is 12.4. The van der Waals surface area contributed by atoms with Gasteiger partial charge in [-0.15, -0.1) is 0 Å². The first-order chi connectivity index (χ1) is 8.67. The van der Waals surface area contributed by atoms with Crippen LogP contribution >= 0.6 is 0 Å². The Morgan fingerprint density at radius 2 is 1.89 bits per heavy atom. The van der Waals surface area contributed by atoms with Gasteiger partial charge < -0.3 is 19.6 Å². The Bertz CT molecular complexity index is 525. The van der Waals surface area contributed by atoms with E-state index in [4.69, 9.17) is 19.6 Å². The van der Waals surface area contributed by atoms with Gasteiger partial charge in [0, 0.05) is 17.2 Å². The molecule has 1 unspecified atom stereocenters. The lowest BCUT2D eigenvalue weighted by atomic mass is 10.0. The molecule has 2 aromatic rings. The van der Waals surface area contributed by atoms with Crippen molar-refractivity contribution in [3.05, 3.63) is 47.7 Å². The maximum absolute atomic E-state index is 13.9. The average Bonchev–Trinajstić information content (AvgIpc) is 2.91. The summed E-state index contributed by atoms with van der Waals surface area (Å²) in [5.41, 5.74) is 7.00. The van der Waals surface area contributed by atoms with Crippen LogP contribution in [0.25, 0.3) is 0 Å². The van der Waals surface area contributed by atoms with Crippen molar-refractivity contribution in [2.24, 2.45) is 5.73 Å². The molecule has 4 nitrogen and oxygen atoms in total. The Balaban J connectivity index is 2.45. The number of furan rings is 1. The lowest BCUT2D eigenvalue weighted by Gasteiger charge is -2.15. The summed E-state index contributed by atoms with van der Waals surface area (Å²) in [6.07, 6.45) is 2.98. The van der Waals surface area contributed by atoms with Crippen LogP contribution in [0.15, 0.2) is 35.1 Å². The van der Waals surface area contributed by atoms with Crippen LogP contribution in [0.3, 0.4) is 0 Å². The minimum Gasteiger partial charge on any atom is -0.493 e. The average molecular weight is 251 g/mol. The number of methoxy groups -OCH3 is 2. The minimum absolute atomic E-state index is 0.328. The third-order valence-corrected chi connectivity index (χ3v) is 2.74. The maximum Gasteiger partial charge on any atom is 0.163 e. The predicted molar refractivity (Wildman–Crippen MR) is 64.2 cm³/mol. The topological polar surface area (TPSA) is 57.6 Å². The molecule has 0 amide bonds. The number of hydrogen-bond donors (Lipinski definition) is 1. The van der Waals surface area contributed by atoms with Gasteiger partial charge in [-0.25, -0.2) is 4.39 Å². The summed E-state index contributed by atoms with van der Waals surface area (Å²) in [4.78, 5) is 0. The van der Waals surface area contributed by atoms with Crippen LogP contribution in [0.4, 0.5) is 4.39 Å². The predicted octanol–water partition coefficient (Wildman–Crippen LogP) is 2.48. The molecule has 0 saturated heterocycles. The minimum atomic E-state index is -0.608. The van der Waals surface area contributed by atoms with E-state index >= 15 is 0 Å². The van der Waals surface area contributed by atoms with Crippen LogP contribution < -0.4 is 15.2 Å². The molecule has 18 heavy (non-hydrogen) atoms. The van der Waals surface area contributed by atoms with E-state index in [2.05, 4.69) is 0 Å². The van der Waals surface area contributed by atoms with Crippen molar-refractivity contribution in [2.75, 3.05) is 14.2 Å². The molecule has 0 radical (unpaired) electrons. The zero-order valence-electron chi connectivity index (χ0n) is 10.1. The van der Waals surface area contributed by atoms with Crippen LogP contribution in [0.5, 0.6) is 11.5 Å². The fraction of sp³-hybridized carbons (Fsp3) is 0.231. The molecular weight excluding hydrogens is 237 g/mol. The van der Waals surface area contributed by atoms with Crippen LogP contribution in [-0.4, -0.2) is 14.2 Å². The fourth-order valence-corrected chi connectivity index (χ4v) is 1.74. The van der Waals surface area contributed by atoms with Gasteiger partial charge in [-0.1, -0.05) is 0 Å². The number of hydrogen-bond acceptors (Lipinski definition) is 4. The van der Waals surface area contributed by atoms with Gasteiger partial charge in [0.25, 0.3) is 0 Å². The van der Waals surface area contributed by atoms with Crippen LogP contribution in [0.1, 0.15) is 17.2 Å². The first-order valence-corrected chi connectivity index (χ1v) is 5.36. The summed E-state index contributed by atoms with van der Waals surface area (Å²) in [7, 11) is 2.94. The number of nitrogens with two attached hydrogens (primary N) is 1. The van der Waals surface area contributed by atoms with E-state index in [1.165, 1.54) is 38.9 Å². The molecule has 0 saturated carbocycles. The third-order valence-electron chi connectivity index (χ3n) is 2.74. The van der Waals surface area contributed by atoms with Crippen molar-refractivity contribution in [1.29, 1.82) is 0 Å². The Morgan fingerprint density at radius 1 is 1.22 bits per heavy atom. The zero-order valence-corrected chi connectivity index (χ0v) is 10.1. The van der Waals surface area contributed by atoms with Gasteiger partial charge in [-0.2, -0.15) is 0 Å². The second-order valence-corrected chi connectivity index (χ2v) is 3.76. The molecule has 0 fully saturated rings. The number of benzene rings is 1. The summed E-state index contributed by atoms with van der Waals surface area (Å²) in [6.45, 7) is 0. The third kappa shape index (κ3) is 2.17. The monoisotopic (exact) mass is 251 g/mol. The fourth-order valence-electron chi connectivity index (χ4n) is 1.74. The Hall–Kier alpha value is -2.01. The van der Waals surface area contributed by atoms with Crippen molar-refractivity contribution in [2.45, 2.75) is 6.04 Å². The molecule has 2 N–H and O–H groups in total. The summed E-state index contributed by atoms with van der Waals surface area (Å²) >= 11 is 0. The van der Waals surface area contributed by atoms with Crippen molar-refractivity contribution in [1.82, 2.24) is 0 Å². The molecule has 2 rings (SSSR count). The number of halogens is 1. The first-order valence-electron chi connectivity index (χ1n) is 5.36. The van der Waals surface area contributed by atoms with Crippen molar-refractivity contribution in [3.63, 3.8) is 0 Å². The van der Waals surface area contributed by atoms with E-state index in [-0.39, 0.29) is 0 Å². The smallest absolute Gasteiger partial charge is 0.163 e. The molecule has 5 heteroatoms. The van der Waals surface area contributed by atoms with E-state index in [1.807, 2.05) is 0 Å². The molecule has 0 aliphatic rings. The molecule has 96 valence electrons. The lowest BCUT2D eigenvalue weighted by molar-refractivity contribution is 0.351. The Kier molecular flexibility index (Phi) is 3.53. The Morgan fingerprint density at radius 3 is 2.44 bits per heavy atom. The number of rotatable bonds is 4. The van der Waals surface area contributed by atoms with E-state index < -0.39 is 11.9 Å². The normalized spacial score (nSPS) is 12.2. The lowest BCUT2D eigenvalue weighted by Crippen LogP contribution is -2.13. The van der Waals surface area contributed by atoms with Crippen molar-refractivity contribution < 1.29 is 18.3 Å². The molecule has 0 bridgehead atoms. The summed E-state index contributed by atoms with van der Waals surface area (Å²) in [6, 6.07) is 3.88. The van der Waals surface area contributed by atoms with Gasteiger partial charge in [0.2, 0.25) is 0 Å². The highest BCUT2D eigenvalue weighted by molar-refractivity contribution is 5.46. The summed E-state index contributed by atoms with van der Waals surface area (Å²) < 4.78 is 29.0. The highest BCUT2D eigenvalue weighted by Crippen LogP contribution is 2.33. The molecule has 1 aromatic carbocycles. The molecule has 0 spiro atoms. The van der Waals surface area contributed by atoms with Crippen LogP contribution in [-0.2, 0) is 0 Å². The van der Waals surface area contributed by atoms with E-state index in [9.17, 15) is 4.39 Å². The molecule has 1 aromatic heterocycles. The van der Waals surface area contributed by atoms with Gasteiger partial charge >= 0.3 is 0 Å². The van der Waals surface area contributed by atoms with E-state index in [0.29, 0.717) is 22.6 Å². The highest BCUT2D eigenvalue weighted by Gasteiger charge is 2.18. The molecule has 1 heterocycles. The molecule has 1 atom stereocenters. The van der Waals surface area contributed by atoms with E-state index in [0.717, 1.165) is 0 Å². The summed E-state index contributed by atoms with van der Waals surface area (Å²) in [5, 5.41) is 0. The van der Waals surface area contributed by atoms with Crippen molar-refractivity contribution >= 4 is 0 Å². The Labute approximate surface area is 104 Å². The largest absolute Gasteiger partial charge is 0.493 e. The van der Waals surface area contributed by atoms with Crippen LogP contribution in [0.2, 0.25) is 0 Å². The standard InChI is InChI=1S/C13H14FNO3/c1-16-11-5-9(10(14)6-12(11)17-2)13(15)8-3-4-18-7-8/h3-7,13H,15H2,1-2H3. The molecular formula is C13H14FNO3. The van der Waals surface area contributed by atoms with Crippen LogP contribution in [0, 0.1) is 5.82 Å². The second kappa shape index (κ2) is 5.10. The molecule has 0 aliphatic carbocycles. The maximum atomic E-state index is 13.9. The van der Waals surface area contributed by atoms with Gasteiger partial charge in [0.05, 0.1) is 32.8 Å². The highest BCUT2D eigenvalue weighted by atomic mass is 19.1. The zero-order chi connectivity index (χ0) is 13.1. The van der Waals surface area contributed by atoms with Gasteiger partial charge in [-0.3, -0.25) is 0 Å². The van der Waals surface area contributed by atoms with Gasteiger partial charge in [0.15, 0.2) is 11.5 Å².